The summed E-state index contributed by atoms with van der Waals surface area (Å²) in [5, 5.41) is 19.4. The van der Waals surface area contributed by atoms with Crippen LogP contribution in [0.15, 0.2) is 31.7 Å². The molecule has 0 atom stereocenters. The van der Waals surface area contributed by atoms with Gasteiger partial charge in [0.25, 0.3) is 0 Å². The van der Waals surface area contributed by atoms with Gasteiger partial charge in [-0.25, -0.2) is 4.79 Å². The van der Waals surface area contributed by atoms with Crippen molar-refractivity contribution in [2.75, 3.05) is 6.61 Å². The molecule has 0 spiro atoms. The number of hydrogen-bond donors (Lipinski definition) is 1. The lowest BCUT2D eigenvalue weighted by Crippen LogP contribution is -2.23. The van der Waals surface area contributed by atoms with Crippen LogP contribution >= 0.6 is 23.5 Å². The number of nitrogens with zero attached hydrogens (tertiary/aromatic N) is 1. The summed E-state index contributed by atoms with van der Waals surface area (Å²) < 4.78 is 12.2. The minimum Gasteiger partial charge on any atom is -0.489 e. The molecule has 1 N–H and O–H groups in total. The van der Waals surface area contributed by atoms with E-state index in [1.165, 1.54) is 36.4 Å². The number of carbonyl (C=O) groups excluding carboxylic acids is 2. The molecule has 1 saturated carbocycles. The van der Waals surface area contributed by atoms with Gasteiger partial charge in [0.1, 0.15) is 18.6 Å². The summed E-state index contributed by atoms with van der Waals surface area (Å²) in [6.07, 6.45) is 5.00. The van der Waals surface area contributed by atoms with E-state index in [1.54, 1.807) is 13.8 Å². The standard InChI is InChI=1S/C23H29NO4S2.CH2O/c1-14-5-8-16(9-6-14)28-18-10-7-15(2)19-20(18)30-22(29-19)17(13-24)21(25)27-12-11-23(3,4)26;1-2/h7,10,14,16,26H,5-6,8-9,11-12H2,1-4H3;1H2/b22-17-;. The molecule has 6 nitrogen and oxygen atoms in total. The van der Waals surface area contributed by atoms with Gasteiger partial charge in [-0.2, -0.15) is 5.26 Å². The highest BCUT2D eigenvalue weighted by atomic mass is 32.2. The maximum Gasteiger partial charge on any atom is 0.350 e. The Balaban J connectivity index is 0.00000176. The molecule has 1 aliphatic carbocycles. The fourth-order valence-corrected chi connectivity index (χ4v) is 6.08. The zero-order valence-electron chi connectivity index (χ0n) is 19.1. The maximum atomic E-state index is 12.5. The van der Waals surface area contributed by atoms with E-state index in [2.05, 4.69) is 6.92 Å². The molecule has 0 aromatic heterocycles. The molecule has 2 aliphatic rings. The van der Waals surface area contributed by atoms with E-state index < -0.39 is 11.6 Å². The van der Waals surface area contributed by atoms with Gasteiger partial charge in [-0.15, -0.1) is 0 Å². The minimum atomic E-state index is -0.923. The van der Waals surface area contributed by atoms with Crippen molar-refractivity contribution in [3.63, 3.8) is 0 Å². The molecule has 32 heavy (non-hydrogen) atoms. The highest BCUT2D eigenvalue weighted by Gasteiger charge is 2.31. The largest absolute Gasteiger partial charge is 0.489 e. The minimum absolute atomic E-state index is 0.00814. The third-order valence-electron chi connectivity index (χ3n) is 5.39. The molecule has 0 unspecified atom stereocenters. The number of ether oxygens (including phenoxy) is 2. The van der Waals surface area contributed by atoms with Crippen LogP contribution in [0.1, 0.15) is 58.4 Å². The van der Waals surface area contributed by atoms with E-state index >= 15 is 0 Å². The van der Waals surface area contributed by atoms with Crippen molar-refractivity contribution in [1.29, 1.82) is 5.26 Å². The number of fused-ring (bicyclic) bond motifs is 1. The van der Waals surface area contributed by atoms with Gasteiger partial charge in [-0.3, -0.25) is 0 Å². The van der Waals surface area contributed by atoms with Crippen LogP contribution in [-0.4, -0.2) is 36.2 Å². The second kappa shape index (κ2) is 11.8. The van der Waals surface area contributed by atoms with Crippen LogP contribution in [0.3, 0.4) is 0 Å². The van der Waals surface area contributed by atoms with E-state index in [4.69, 9.17) is 14.3 Å². The Morgan fingerprint density at radius 3 is 2.44 bits per heavy atom. The van der Waals surface area contributed by atoms with Crippen LogP contribution in [-0.2, 0) is 14.3 Å². The molecular weight excluding hydrogens is 446 g/mol. The first-order valence-electron chi connectivity index (χ1n) is 10.7. The van der Waals surface area contributed by atoms with E-state index in [1.807, 2.05) is 31.9 Å². The van der Waals surface area contributed by atoms with Gasteiger partial charge in [0.05, 0.1) is 27.4 Å². The number of thioether (sulfide) groups is 2. The normalized spacial score (nSPS) is 21.5. The number of carbonyl (C=O) groups is 2. The Morgan fingerprint density at radius 2 is 1.84 bits per heavy atom. The van der Waals surface area contributed by atoms with Crippen molar-refractivity contribution < 1.29 is 24.2 Å². The Kier molecular flexibility index (Phi) is 9.68. The van der Waals surface area contributed by atoms with Gasteiger partial charge < -0.3 is 19.4 Å². The average Bonchev–Trinajstić information content (AvgIpc) is 3.19. The number of hydrogen-bond acceptors (Lipinski definition) is 8. The Hall–Kier alpha value is -1.95. The molecule has 0 bridgehead atoms. The molecule has 0 saturated heterocycles. The van der Waals surface area contributed by atoms with E-state index in [-0.39, 0.29) is 18.3 Å². The highest BCUT2D eigenvalue weighted by molar-refractivity contribution is 8.24. The number of esters is 1. The average molecular weight is 478 g/mol. The predicted octanol–water partition coefficient (Wildman–Crippen LogP) is 5.40. The second-order valence-electron chi connectivity index (χ2n) is 8.72. The molecule has 174 valence electrons. The van der Waals surface area contributed by atoms with Crippen molar-refractivity contribution >= 4 is 36.3 Å². The molecule has 0 radical (unpaired) electrons. The summed E-state index contributed by atoms with van der Waals surface area (Å²) in [5.41, 5.74) is 0.178. The van der Waals surface area contributed by atoms with Crippen molar-refractivity contribution in [3.8, 4) is 11.8 Å². The van der Waals surface area contributed by atoms with Crippen LogP contribution < -0.4 is 4.74 Å². The smallest absolute Gasteiger partial charge is 0.350 e. The molecule has 8 heteroatoms. The highest BCUT2D eigenvalue weighted by Crippen LogP contribution is 2.57. The quantitative estimate of drug-likeness (QED) is 0.330. The van der Waals surface area contributed by atoms with Crippen molar-refractivity contribution in [2.24, 2.45) is 5.92 Å². The second-order valence-corrected chi connectivity index (χ2v) is 11.0. The van der Waals surface area contributed by atoms with Crippen molar-refractivity contribution in [2.45, 2.75) is 81.3 Å². The van der Waals surface area contributed by atoms with Gasteiger partial charge in [-0.1, -0.05) is 36.5 Å². The van der Waals surface area contributed by atoms with Gasteiger partial charge in [0.15, 0.2) is 5.57 Å². The number of rotatable bonds is 6. The lowest BCUT2D eigenvalue weighted by molar-refractivity contribution is -0.139. The number of benzene rings is 1. The first-order valence-corrected chi connectivity index (χ1v) is 12.3. The van der Waals surface area contributed by atoms with Crippen LogP contribution in [0.4, 0.5) is 0 Å². The molecule has 1 fully saturated rings. The molecular formula is C24H31NO5S2. The van der Waals surface area contributed by atoms with E-state index in [0.717, 1.165) is 39.9 Å². The Morgan fingerprint density at radius 1 is 1.22 bits per heavy atom. The molecule has 3 rings (SSSR count). The summed E-state index contributed by atoms with van der Waals surface area (Å²) in [6, 6.07) is 6.04. The van der Waals surface area contributed by atoms with Crippen LogP contribution in [0.25, 0.3) is 0 Å². The third-order valence-corrected chi connectivity index (χ3v) is 8.13. The van der Waals surface area contributed by atoms with E-state index in [0.29, 0.717) is 10.7 Å². The molecule has 1 aliphatic heterocycles. The number of aliphatic hydroxyl groups is 1. The van der Waals surface area contributed by atoms with Crippen LogP contribution in [0.2, 0.25) is 0 Å². The van der Waals surface area contributed by atoms with Gasteiger partial charge in [0.2, 0.25) is 0 Å². The fourth-order valence-electron chi connectivity index (χ4n) is 3.43. The zero-order chi connectivity index (χ0) is 23.9. The van der Waals surface area contributed by atoms with E-state index in [9.17, 15) is 15.2 Å². The molecule has 1 aromatic carbocycles. The molecule has 1 heterocycles. The van der Waals surface area contributed by atoms with Gasteiger partial charge in [-0.05, 0) is 64.0 Å². The third kappa shape index (κ3) is 7.03. The van der Waals surface area contributed by atoms with Crippen molar-refractivity contribution in [3.05, 3.63) is 27.5 Å². The van der Waals surface area contributed by atoms with Gasteiger partial charge >= 0.3 is 5.97 Å². The molecule has 0 amide bonds. The summed E-state index contributed by atoms with van der Waals surface area (Å²) in [5.74, 6) is 0.940. The summed E-state index contributed by atoms with van der Waals surface area (Å²) in [7, 11) is 0. The first kappa shape index (κ1) is 26.3. The summed E-state index contributed by atoms with van der Waals surface area (Å²) >= 11 is 2.84. The topological polar surface area (TPSA) is 96.6 Å². The van der Waals surface area contributed by atoms with Crippen LogP contribution in [0.5, 0.6) is 5.75 Å². The predicted molar refractivity (Wildman–Crippen MR) is 127 cm³/mol. The first-order chi connectivity index (χ1) is 15.2. The lowest BCUT2D eigenvalue weighted by Gasteiger charge is -2.27. The Bertz CT molecular complexity index is 893. The zero-order valence-corrected chi connectivity index (χ0v) is 20.7. The summed E-state index contributed by atoms with van der Waals surface area (Å²) in [6.45, 7) is 9.68. The Labute approximate surface area is 198 Å². The SMILES string of the molecule is C=O.Cc1ccc(OC2CCC(C)CC2)c2c1S/C(=C(\C#N)C(=O)OCCC(C)(C)O)S2. The monoisotopic (exact) mass is 477 g/mol. The van der Waals surface area contributed by atoms with Crippen molar-refractivity contribution in [1.82, 2.24) is 0 Å². The summed E-state index contributed by atoms with van der Waals surface area (Å²) in [4.78, 5) is 22.5. The van der Waals surface area contributed by atoms with Crippen LogP contribution in [0, 0.1) is 24.2 Å². The fraction of sp³-hybridized carbons (Fsp3) is 0.542. The molecule has 1 aromatic rings. The number of nitriles is 1. The number of aryl methyl sites for hydroxylation is 1. The van der Waals surface area contributed by atoms with Gasteiger partial charge in [0, 0.05) is 11.3 Å². The maximum absolute atomic E-state index is 12.5. The lowest BCUT2D eigenvalue weighted by atomic mass is 9.89.